The van der Waals surface area contributed by atoms with Crippen molar-refractivity contribution in [2.75, 3.05) is 13.2 Å². The summed E-state index contributed by atoms with van der Waals surface area (Å²) in [6, 6.07) is 1.81. The first-order valence-corrected chi connectivity index (χ1v) is 5.86. The van der Waals surface area contributed by atoms with Crippen molar-refractivity contribution in [3.05, 3.63) is 22.2 Å². The van der Waals surface area contributed by atoms with Gasteiger partial charge in [-0.25, -0.2) is 13.8 Å². The van der Waals surface area contributed by atoms with E-state index in [4.69, 9.17) is 17.0 Å². The topological polar surface area (TPSA) is 37.9 Å². The Morgan fingerprint density at radius 3 is 2.76 bits per heavy atom. The Bertz CT molecular complexity index is 407. The minimum Gasteiger partial charge on any atom is -0.375 e. The zero-order valence-corrected chi connectivity index (χ0v) is 10.7. The van der Waals surface area contributed by atoms with Gasteiger partial charge in [-0.1, -0.05) is 26.1 Å². The van der Waals surface area contributed by atoms with Crippen molar-refractivity contribution >= 4 is 12.2 Å². The highest BCUT2D eigenvalue weighted by Crippen LogP contribution is 2.11. The third-order valence-corrected chi connectivity index (χ3v) is 2.37. The van der Waals surface area contributed by atoms with E-state index in [0.717, 1.165) is 5.69 Å². The van der Waals surface area contributed by atoms with Gasteiger partial charge >= 0.3 is 0 Å². The average molecular weight is 262 g/mol. The molecule has 1 rings (SSSR count). The lowest BCUT2D eigenvalue weighted by molar-refractivity contribution is 0.0182. The van der Waals surface area contributed by atoms with Gasteiger partial charge < -0.3 is 9.72 Å². The molecule has 0 atom stereocenters. The average Bonchev–Trinajstić information content (AvgIpc) is 2.23. The molecule has 0 aliphatic carbocycles. The van der Waals surface area contributed by atoms with Gasteiger partial charge in [0.2, 0.25) is 0 Å². The van der Waals surface area contributed by atoms with Crippen molar-refractivity contribution in [3.63, 3.8) is 0 Å². The maximum Gasteiger partial charge on any atom is 0.261 e. The fourth-order valence-corrected chi connectivity index (χ4v) is 1.54. The number of hydrogen-bond donors (Lipinski definition) is 1. The summed E-state index contributed by atoms with van der Waals surface area (Å²) in [4.78, 5) is 7.25. The Kier molecular flexibility index (Phi) is 5.64. The molecule has 0 amide bonds. The molecular formula is C11H16F2N2OS. The van der Waals surface area contributed by atoms with E-state index in [1.807, 2.05) is 19.9 Å². The molecule has 0 spiro atoms. The number of nitrogens with zero attached hydrogens (tertiary/aromatic N) is 1. The van der Waals surface area contributed by atoms with E-state index in [1.54, 1.807) is 0 Å². The van der Waals surface area contributed by atoms with E-state index in [2.05, 4.69) is 9.97 Å². The summed E-state index contributed by atoms with van der Waals surface area (Å²) in [6.45, 7) is 3.75. The third kappa shape index (κ3) is 5.32. The molecule has 96 valence electrons. The molecule has 3 nitrogen and oxygen atoms in total. The summed E-state index contributed by atoms with van der Waals surface area (Å²) >= 11 is 5.03. The number of halogens is 2. The molecule has 0 saturated carbocycles. The smallest absolute Gasteiger partial charge is 0.261 e. The van der Waals surface area contributed by atoms with Gasteiger partial charge in [0.05, 0.1) is 6.61 Å². The van der Waals surface area contributed by atoms with Gasteiger partial charge in [-0.15, -0.1) is 0 Å². The molecule has 0 fully saturated rings. The second kappa shape index (κ2) is 6.76. The van der Waals surface area contributed by atoms with E-state index in [1.165, 1.54) is 0 Å². The summed E-state index contributed by atoms with van der Waals surface area (Å²) in [5, 5.41) is 0. The maximum atomic E-state index is 11.8. The quantitative estimate of drug-likeness (QED) is 0.632. The lowest BCUT2D eigenvalue weighted by atomic mass is 10.1. The normalized spacial score (nSPS) is 11.4. The predicted octanol–water partition coefficient (Wildman–Crippen LogP) is 3.09. The summed E-state index contributed by atoms with van der Waals surface area (Å²) in [5.41, 5.74) is 0.994. The van der Waals surface area contributed by atoms with Crippen molar-refractivity contribution in [1.82, 2.24) is 9.97 Å². The first-order valence-electron chi connectivity index (χ1n) is 5.45. The predicted molar refractivity (Wildman–Crippen MR) is 64.0 cm³/mol. The van der Waals surface area contributed by atoms with Crippen LogP contribution in [0.5, 0.6) is 0 Å². The minimum atomic E-state index is -2.43. The van der Waals surface area contributed by atoms with E-state index < -0.39 is 13.0 Å². The number of rotatable bonds is 6. The standard InChI is InChI=1S/C11H16F2N2OS/c1-7(2)8-5-11(17)15-10(14-8)3-4-16-6-9(12)13/h5,7,9H,3-4,6H2,1-2H3,(H,14,15,17). The second-order valence-corrected chi connectivity index (χ2v) is 4.41. The van der Waals surface area contributed by atoms with Gasteiger partial charge in [0.1, 0.15) is 17.1 Å². The molecule has 1 heterocycles. The summed E-state index contributed by atoms with van der Waals surface area (Å²) in [7, 11) is 0. The Labute approximate surface area is 104 Å². The lowest BCUT2D eigenvalue weighted by Crippen LogP contribution is -2.09. The van der Waals surface area contributed by atoms with Crippen LogP contribution in [0.15, 0.2) is 6.07 Å². The minimum absolute atomic E-state index is 0.212. The number of ether oxygens (including phenoxy) is 1. The number of hydrogen-bond acceptors (Lipinski definition) is 3. The monoisotopic (exact) mass is 262 g/mol. The van der Waals surface area contributed by atoms with Crippen LogP contribution in [0.25, 0.3) is 0 Å². The van der Waals surface area contributed by atoms with E-state index >= 15 is 0 Å². The molecule has 0 aromatic carbocycles. The fourth-order valence-electron chi connectivity index (χ4n) is 1.30. The highest BCUT2D eigenvalue weighted by Gasteiger charge is 2.05. The van der Waals surface area contributed by atoms with Crippen molar-refractivity contribution in [1.29, 1.82) is 0 Å². The summed E-state index contributed by atoms with van der Waals surface area (Å²) in [5.74, 6) is 0.996. The molecule has 0 bridgehead atoms. The van der Waals surface area contributed by atoms with Crippen molar-refractivity contribution in [2.24, 2.45) is 0 Å². The molecule has 0 aliphatic rings. The van der Waals surface area contributed by atoms with Crippen LogP contribution in [0.3, 0.4) is 0 Å². The number of aromatic amines is 1. The maximum absolute atomic E-state index is 11.8. The molecule has 17 heavy (non-hydrogen) atoms. The molecule has 1 aromatic rings. The Balaban J connectivity index is 2.56. The Morgan fingerprint density at radius 1 is 1.47 bits per heavy atom. The summed E-state index contributed by atoms with van der Waals surface area (Å²) < 4.78 is 29.0. The number of alkyl halides is 2. The van der Waals surface area contributed by atoms with E-state index in [0.29, 0.717) is 22.8 Å². The van der Waals surface area contributed by atoms with Gasteiger partial charge in [-0.2, -0.15) is 0 Å². The van der Waals surface area contributed by atoms with Crippen molar-refractivity contribution < 1.29 is 13.5 Å². The molecule has 6 heteroatoms. The van der Waals surface area contributed by atoms with Crippen LogP contribution in [-0.2, 0) is 11.2 Å². The highest BCUT2D eigenvalue weighted by atomic mass is 32.1. The zero-order valence-electron chi connectivity index (χ0n) is 9.87. The second-order valence-electron chi connectivity index (χ2n) is 3.99. The molecule has 1 aromatic heterocycles. The Morgan fingerprint density at radius 2 is 2.18 bits per heavy atom. The number of H-pyrrole nitrogens is 1. The zero-order chi connectivity index (χ0) is 12.8. The SMILES string of the molecule is CC(C)c1cc(=S)nc(CCOCC(F)F)[nH]1. The molecule has 0 radical (unpaired) electrons. The van der Waals surface area contributed by atoms with Crippen LogP contribution in [-0.4, -0.2) is 29.6 Å². The molecule has 0 aliphatic heterocycles. The molecule has 0 unspecified atom stereocenters. The first kappa shape index (κ1) is 14.2. The Hall–Kier alpha value is -0.880. The first-order chi connectivity index (χ1) is 7.99. The van der Waals surface area contributed by atoms with Crippen molar-refractivity contribution in [2.45, 2.75) is 32.6 Å². The summed E-state index contributed by atoms with van der Waals surface area (Å²) in [6.07, 6.45) is -1.97. The van der Waals surface area contributed by atoms with Crippen molar-refractivity contribution in [3.8, 4) is 0 Å². The molecule has 1 N–H and O–H groups in total. The van der Waals surface area contributed by atoms with Crippen LogP contribution in [0.2, 0.25) is 0 Å². The molecular weight excluding hydrogens is 246 g/mol. The van der Waals surface area contributed by atoms with Gasteiger partial charge in [0, 0.05) is 12.1 Å². The van der Waals surface area contributed by atoms with Gasteiger partial charge in [0.25, 0.3) is 6.43 Å². The fraction of sp³-hybridized carbons (Fsp3) is 0.636. The van der Waals surface area contributed by atoms with Crippen LogP contribution in [0.4, 0.5) is 8.78 Å². The number of aromatic nitrogens is 2. The third-order valence-electron chi connectivity index (χ3n) is 2.16. The molecule has 0 saturated heterocycles. The van der Waals surface area contributed by atoms with E-state index in [-0.39, 0.29) is 6.61 Å². The van der Waals surface area contributed by atoms with Crippen LogP contribution in [0.1, 0.15) is 31.3 Å². The number of nitrogens with one attached hydrogen (secondary N) is 1. The van der Waals surface area contributed by atoms with Crippen LogP contribution in [0, 0.1) is 4.64 Å². The van der Waals surface area contributed by atoms with Gasteiger partial charge in [-0.3, -0.25) is 0 Å². The highest BCUT2D eigenvalue weighted by molar-refractivity contribution is 7.71. The van der Waals surface area contributed by atoms with Gasteiger partial charge in [-0.05, 0) is 12.0 Å². The largest absolute Gasteiger partial charge is 0.375 e. The van der Waals surface area contributed by atoms with Crippen LogP contribution < -0.4 is 0 Å². The lowest BCUT2D eigenvalue weighted by Gasteiger charge is -2.08. The van der Waals surface area contributed by atoms with Crippen LogP contribution >= 0.6 is 12.2 Å². The van der Waals surface area contributed by atoms with Gasteiger partial charge in [0.15, 0.2) is 0 Å². The van der Waals surface area contributed by atoms with E-state index in [9.17, 15) is 8.78 Å².